The van der Waals surface area contributed by atoms with Gasteiger partial charge in [0.25, 0.3) is 0 Å². The van der Waals surface area contributed by atoms with Gasteiger partial charge in [0.2, 0.25) is 11.8 Å². The van der Waals surface area contributed by atoms with Crippen LogP contribution < -0.4 is 10.6 Å². The molecule has 0 saturated carbocycles. The number of amides is 2. The molecule has 0 aliphatic carbocycles. The van der Waals surface area contributed by atoms with Crippen LogP contribution >= 0.6 is 11.8 Å². The zero-order valence-corrected chi connectivity index (χ0v) is 12.4. The van der Waals surface area contributed by atoms with Crippen molar-refractivity contribution in [2.24, 2.45) is 0 Å². The van der Waals surface area contributed by atoms with E-state index in [9.17, 15) is 9.59 Å². The van der Waals surface area contributed by atoms with Gasteiger partial charge in [-0.2, -0.15) is 0 Å². The van der Waals surface area contributed by atoms with E-state index in [1.165, 1.54) is 11.8 Å². The number of rotatable bonds is 4. The third-order valence-corrected chi connectivity index (χ3v) is 4.39. The van der Waals surface area contributed by atoms with Gasteiger partial charge in [0.15, 0.2) is 0 Å². The standard InChI is InChI=1S/C15H20N2O2S/c1-11(20-12-7-3-2-4-8-12)14(18)17-13-9-5-6-10-16-15(13)19/h2-4,7-8,11,13H,5-6,9-10H2,1H3,(H,16,19)(H,17,18)/t11-,13-/m0/s1. The summed E-state index contributed by atoms with van der Waals surface area (Å²) in [7, 11) is 0. The van der Waals surface area contributed by atoms with Crippen molar-refractivity contribution in [1.82, 2.24) is 10.6 Å². The number of hydrogen-bond donors (Lipinski definition) is 2. The van der Waals surface area contributed by atoms with Gasteiger partial charge >= 0.3 is 0 Å². The van der Waals surface area contributed by atoms with Crippen LogP contribution in [0.3, 0.4) is 0 Å². The molecule has 1 aliphatic rings. The number of nitrogens with one attached hydrogen (secondary N) is 2. The van der Waals surface area contributed by atoms with Gasteiger partial charge in [0, 0.05) is 11.4 Å². The second kappa shape index (κ2) is 7.33. The highest BCUT2D eigenvalue weighted by Gasteiger charge is 2.24. The molecular formula is C15H20N2O2S. The molecule has 2 rings (SSSR count). The highest BCUT2D eigenvalue weighted by Crippen LogP contribution is 2.22. The molecule has 0 radical (unpaired) electrons. The van der Waals surface area contributed by atoms with E-state index in [0.29, 0.717) is 6.54 Å². The molecule has 2 N–H and O–H groups in total. The lowest BCUT2D eigenvalue weighted by molar-refractivity contribution is -0.128. The van der Waals surface area contributed by atoms with E-state index < -0.39 is 0 Å². The Kier molecular flexibility index (Phi) is 5.47. The molecule has 0 bridgehead atoms. The zero-order chi connectivity index (χ0) is 14.4. The highest BCUT2D eigenvalue weighted by molar-refractivity contribution is 8.00. The van der Waals surface area contributed by atoms with Crippen LogP contribution in [-0.4, -0.2) is 29.7 Å². The molecule has 1 aromatic rings. The van der Waals surface area contributed by atoms with Crippen LogP contribution in [0.5, 0.6) is 0 Å². The number of benzene rings is 1. The fourth-order valence-electron chi connectivity index (χ4n) is 2.12. The fourth-order valence-corrected chi connectivity index (χ4v) is 3.02. The molecule has 1 saturated heterocycles. The topological polar surface area (TPSA) is 58.2 Å². The lowest BCUT2D eigenvalue weighted by atomic mass is 10.1. The Morgan fingerprint density at radius 1 is 1.35 bits per heavy atom. The Balaban J connectivity index is 1.88. The second-order valence-corrected chi connectivity index (χ2v) is 6.34. The van der Waals surface area contributed by atoms with Crippen molar-refractivity contribution in [3.05, 3.63) is 30.3 Å². The van der Waals surface area contributed by atoms with Gasteiger partial charge in [-0.1, -0.05) is 18.2 Å². The van der Waals surface area contributed by atoms with Gasteiger partial charge in [-0.25, -0.2) is 0 Å². The number of thioether (sulfide) groups is 1. The van der Waals surface area contributed by atoms with Crippen LogP contribution in [0.2, 0.25) is 0 Å². The maximum Gasteiger partial charge on any atom is 0.242 e. The first-order valence-corrected chi connectivity index (χ1v) is 7.84. The van der Waals surface area contributed by atoms with E-state index >= 15 is 0 Å². The average Bonchev–Trinajstić information content (AvgIpc) is 2.65. The van der Waals surface area contributed by atoms with Crippen molar-refractivity contribution in [2.75, 3.05) is 6.54 Å². The summed E-state index contributed by atoms with van der Waals surface area (Å²) in [6.07, 6.45) is 2.66. The van der Waals surface area contributed by atoms with Crippen LogP contribution in [0, 0.1) is 0 Å². The Morgan fingerprint density at radius 3 is 2.85 bits per heavy atom. The van der Waals surface area contributed by atoms with E-state index in [0.717, 1.165) is 24.2 Å². The Morgan fingerprint density at radius 2 is 2.10 bits per heavy atom. The molecule has 1 heterocycles. The third-order valence-electron chi connectivity index (χ3n) is 3.28. The van der Waals surface area contributed by atoms with Crippen molar-refractivity contribution in [2.45, 2.75) is 42.4 Å². The maximum atomic E-state index is 12.2. The Hall–Kier alpha value is -1.49. The van der Waals surface area contributed by atoms with Crippen LogP contribution in [0.1, 0.15) is 26.2 Å². The largest absolute Gasteiger partial charge is 0.354 e. The zero-order valence-electron chi connectivity index (χ0n) is 11.6. The highest BCUT2D eigenvalue weighted by atomic mass is 32.2. The first kappa shape index (κ1) is 14.9. The number of carbonyl (C=O) groups excluding carboxylic acids is 2. The van der Waals surface area contributed by atoms with Crippen molar-refractivity contribution in [3.8, 4) is 0 Å². The lowest BCUT2D eigenvalue weighted by Crippen LogP contribution is -2.47. The minimum Gasteiger partial charge on any atom is -0.354 e. The van der Waals surface area contributed by atoms with E-state index in [-0.39, 0.29) is 23.1 Å². The van der Waals surface area contributed by atoms with Gasteiger partial charge in [0.1, 0.15) is 6.04 Å². The molecule has 5 heteroatoms. The molecule has 20 heavy (non-hydrogen) atoms. The average molecular weight is 292 g/mol. The van der Waals surface area contributed by atoms with Gasteiger partial charge in [-0.15, -0.1) is 11.8 Å². The van der Waals surface area contributed by atoms with E-state index in [1.807, 2.05) is 37.3 Å². The lowest BCUT2D eigenvalue weighted by Gasteiger charge is -2.18. The van der Waals surface area contributed by atoms with Gasteiger partial charge in [0.05, 0.1) is 5.25 Å². The maximum absolute atomic E-state index is 12.2. The first-order chi connectivity index (χ1) is 9.66. The van der Waals surface area contributed by atoms with Crippen LogP contribution in [0.4, 0.5) is 0 Å². The molecule has 0 unspecified atom stereocenters. The SMILES string of the molecule is C[C@H](Sc1ccccc1)C(=O)N[C@H]1CCCCNC1=O. The predicted molar refractivity (Wildman–Crippen MR) is 80.6 cm³/mol. The smallest absolute Gasteiger partial charge is 0.242 e. The fraction of sp³-hybridized carbons (Fsp3) is 0.467. The van der Waals surface area contributed by atoms with Crippen LogP contribution in [0.25, 0.3) is 0 Å². The quantitative estimate of drug-likeness (QED) is 0.834. The van der Waals surface area contributed by atoms with E-state index in [4.69, 9.17) is 0 Å². The summed E-state index contributed by atoms with van der Waals surface area (Å²) in [6, 6.07) is 9.42. The molecule has 0 spiro atoms. The normalized spacial score (nSPS) is 20.6. The molecule has 4 nitrogen and oxygen atoms in total. The minimum absolute atomic E-state index is 0.0623. The summed E-state index contributed by atoms with van der Waals surface area (Å²) < 4.78 is 0. The summed E-state index contributed by atoms with van der Waals surface area (Å²) in [5.74, 6) is -0.145. The van der Waals surface area contributed by atoms with Gasteiger partial charge < -0.3 is 10.6 Å². The summed E-state index contributed by atoms with van der Waals surface area (Å²) in [4.78, 5) is 25.0. The minimum atomic E-state index is -0.385. The molecule has 2 amide bonds. The summed E-state index contributed by atoms with van der Waals surface area (Å²) in [6.45, 7) is 2.57. The van der Waals surface area contributed by atoms with Crippen LogP contribution in [-0.2, 0) is 9.59 Å². The van der Waals surface area contributed by atoms with Crippen molar-refractivity contribution in [1.29, 1.82) is 0 Å². The summed E-state index contributed by atoms with van der Waals surface area (Å²) in [5.41, 5.74) is 0. The summed E-state index contributed by atoms with van der Waals surface area (Å²) >= 11 is 1.50. The second-order valence-electron chi connectivity index (χ2n) is 4.92. The van der Waals surface area contributed by atoms with Crippen molar-refractivity contribution >= 4 is 23.6 Å². The summed E-state index contributed by atoms with van der Waals surface area (Å²) in [5, 5.41) is 5.47. The number of carbonyl (C=O) groups is 2. The van der Waals surface area contributed by atoms with E-state index in [2.05, 4.69) is 10.6 Å². The van der Waals surface area contributed by atoms with Crippen molar-refractivity contribution < 1.29 is 9.59 Å². The monoisotopic (exact) mass is 292 g/mol. The number of hydrogen-bond acceptors (Lipinski definition) is 3. The van der Waals surface area contributed by atoms with E-state index in [1.54, 1.807) is 0 Å². The third kappa shape index (κ3) is 4.27. The Labute approximate surface area is 123 Å². The molecule has 1 aromatic carbocycles. The molecule has 108 valence electrons. The van der Waals surface area contributed by atoms with Gasteiger partial charge in [-0.3, -0.25) is 9.59 Å². The van der Waals surface area contributed by atoms with Crippen LogP contribution in [0.15, 0.2) is 35.2 Å². The molecule has 1 aliphatic heterocycles. The van der Waals surface area contributed by atoms with Gasteiger partial charge in [-0.05, 0) is 38.3 Å². The van der Waals surface area contributed by atoms with Crippen molar-refractivity contribution in [3.63, 3.8) is 0 Å². The molecule has 2 atom stereocenters. The Bertz CT molecular complexity index is 464. The first-order valence-electron chi connectivity index (χ1n) is 6.96. The molecule has 0 aromatic heterocycles. The molecular weight excluding hydrogens is 272 g/mol. The molecule has 1 fully saturated rings. The predicted octanol–water partition coefficient (Wildman–Crippen LogP) is 1.95.